The lowest BCUT2D eigenvalue weighted by Crippen LogP contribution is -2.08. The van der Waals surface area contributed by atoms with Gasteiger partial charge in [-0.05, 0) is 36.8 Å². The Bertz CT molecular complexity index is 914. The molecule has 0 saturated heterocycles. The summed E-state index contributed by atoms with van der Waals surface area (Å²) < 4.78 is 41.1. The minimum atomic E-state index is -4.39. The molecule has 0 radical (unpaired) electrons. The van der Waals surface area contributed by atoms with Gasteiger partial charge in [-0.3, -0.25) is 0 Å². The van der Waals surface area contributed by atoms with Crippen molar-refractivity contribution >= 4 is 28.8 Å². The molecule has 0 spiro atoms. The summed E-state index contributed by atoms with van der Waals surface area (Å²) >= 11 is 7.40. The second-order valence-corrected chi connectivity index (χ2v) is 7.13. The highest BCUT2D eigenvalue weighted by Crippen LogP contribution is 2.39. The highest BCUT2D eigenvalue weighted by molar-refractivity contribution is 7.19. The molecule has 0 amide bonds. The van der Waals surface area contributed by atoms with Gasteiger partial charge in [0.1, 0.15) is 11.5 Å². The summed E-state index contributed by atoms with van der Waals surface area (Å²) in [4.78, 5) is 0.908. The van der Waals surface area contributed by atoms with Gasteiger partial charge in [0.2, 0.25) is 0 Å². The van der Waals surface area contributed by atoms with Gasteiger partial charge < -0.3 is 5.32 Å². The Morgan fingerprint density at radius 1 is 1.21 bits per heavy atom. The smallest absolute Gasteiger partial charge is 0.369 e. The van der Waals surface area contributed by atoms with Crippen LogP contribution < -0.4 is 5.32 Å². The van der Waals surface area contributed by atoms with Crippen molar-refractivity contribution in [3.8, 4) is 16.3 Å². The number of benzene rings is 1. The first-order valence-corrected chi connectivity index (χ1v) is 8.42. The Kier molecular flexibility index (Phi) is 3.58. The van der Waals surface area contributed by atoms with Crippen LogP contribution in [0.5, 0.6) is 0 Å². The lowest BCUT2D eigenvalue weighted by molar-refractivity contribution is -0.137. The van der Waals surface area contributed by atoms with E-state index in [-0.39, 0.29) is 0 Å². The van der Waals surface area contributed by atoms with Gasteiger partial charge in [0, 0.05) is 12.1 Å². The van der Waals surface area contributed by atoms with Gasteiger partial charge in [-0.2, -0.15) is 18.3 Å². The average molecular weight is 370 g/mol. The second-order valence-electron chi connectivity index (χ2n) is 5.42. The molecular formula is C16H11ClF3N3S. The SMILES string of the molecule is FC(F)(F)c1cccc(-n2nc(-c3ccc(Cl)s3)c3c2NCC3)c1. The number of halogens is 4. The molecule has 1 N–H and O–H groups in total. The number of anilines is 1. The molecule has 0 unspecified atom stereocenters. The fourth-order valence-corrected chi connectivity index (χ4v) is 3.87. The number of alkyl halides is 3. The molecule has 0 saturated carbocycles. The van der Waals surface area contributed by atoms with Crippen LogP contribution in [0.1, 0.15) is 11.1 Å². The van der Waals surface area contributed by atoms with E-state index < -0.39 is 11.7 Å². The molecule has 1 aliphatic heterocycles. The van der Waals surface area contributed by atoms with Crippen molar-refractivity contribution in [1.82, 2.24) is 9.78 Å². The number of fused-ring (bicyclic) bond motifs is 1. The maximum absolute atomic E-state index is 13.0. The minimum Gasteiger partial charge on any atom is -0.369 e. The molecule has 3 heterocycles. The summed E-state index contributed by atoms with van der Waals surface area (Å²) in [6.45, 7) is 0.734. The van der Waals surface area contributed by atoms with Crippen LogP contribution in [0.15, 0.2) is 36.4 Å². The molecule has 3 nitrogen and oxygen atoms in total. The van der Waals surface area contributed by atoms with Gasteiger partial charge in [0.15, 0.2) is 0 Å². The molecule has 24 heavy (non-hydrogen) atoms. The monoisotopic (exact) mass is 369 g/mol. The van der Waals surface area contributed by atoms with Crippen molar-refractivity contribution in [3.63, 3.8) is 0 Å². The third-order valence-corrected chi connectivity index (χ3v) is 5.11. The molecule has 2 aromatic heterocycles. The fourth-order valence-electron chi connectivity index (χ4n) is 2.81. The summed E-state index contributed by atoms with van der Waals surface area (Å²) in [5.74, 6) is 0.744. The highest BCUT2D eigenvalue weighted by Gasteiger charge is 2.31. The summed E-state index contributed by atoms with van der Waals surface area (Å²) in [6.07, 6.45) is -3.61. The van der Waals surface area contributed by atoms with Crippen LogP contribution in [0.2, 0.25) is 4.34 Å². The van der Waals surface area contributed by atoms with Gasteiger partial charge in [-0.15, -0.1) is 11.3 Å². The molecule has 3 aromatic rings. The highest BCUT2D eigenvalue weighted by atomic mass is 35.5. The van der Waals surface area contributed by atoms with Crippen LogP contribution >= 0.6 is 22.9 Å². The molecule has 0 atom stereocenters. The van der Waals surface area contributed by atoms with E-state index in [2.05, 4.69) is 10.4 Å². The average Bonchev–Trinajstić information content (AvgIpc) is 3.22. The van der Waals surface area contributed by atoms with E-state index >= 15 is 0 Å². The first kappa shape index (κ1) is 15.5. The summed E-state index contributed by atoms with van der Waals surface area (Å²) in [7, 11) is 0. The Hall–Kier alpha value is -1.99. The van der Waals surface area contributed by atoms with Gasteiger partial charge in [0.05, 0.1) is 20.5 Å². The molecule has 0 fully saturated rings. The van der Waals surface area contributed by atoms with Gasteiger partial charge in [-0.25, -0.2) is 4.68 Å². The van der Waals surface area contributed by atoms with E-state index in [0.717, 1.165) is 47.1 Å². The molecule has 1 aromatic carbocycles. The zero-order chi connectivity index (χ0) is 16.9. The Morgan fingerprint density at radius 3 is 2.75 bits per heavy atom. The van der Waals surface area contributed by atoms with Crippen LogP contribution in [-0.4, -0.2) is 16.3 Å². The lowest BCUT2D eigenvalue weighted by atomic mass is 10.2. The van der Waals surface area contributed by atoms with Crippen molar-refractivity contribution in [1.29, 1.82) is 0 Å². The zero-order valence-corrected chi connectivity index (χ0v) is 13.8. The summed E-state index contributed by atoms with van der Waals surface area (Å²) in [5, 5.41) is 7.76. The number of rotatable bonds is 2. The number of hydrogen-bond acceptors (Lipinski definition) is 3. The molecule has 1 aliphatic rings. The number of hydrogen-bond donors (Lipinski definition) is 1. The number of nitrogens with one attached hydrogen (secondary N) is 1. The fraction of sp³-hybridized carbons (Fsp3) is 0.188. The normalized spacial score (nSPS) is 13.8. The van der Waals surface area contributed by atoms with Crippen LogP contribution in [-0.2, 0) is 12.6 Å². The quantitative estimate of drug-likeness (QED) is 0.669. The third-order valence-electron chi connectivity index (χ3n) is 3.88. The lowest BCUT2D eigenvalue weighted by Gasteiger charge is -2.10. The largest absolute Gasteiger partial charge is 0.416 e. The first-order valence-electron chi connectivity index (χ1n) is 7.22. The van der Waals surface area contributed by atoms with E-state index in [0.29, 0.717) is 10.0 Å². The predicted molar refractivity (Wildman–Crippen MR) is 89.1 cm³/mol. The molecule has 124 valence electrons. The van der Waals surface area contributed by atoms with E-state index in [9.17, 15) is 13.2 Å². The predicted octanol–water partition coefficient (Wildman–Crippen LogP) is 5.24. The van der Waals surface area contributed by atoms with Crippen molar-refractivity contribution < 1.29 is 13.2 Å². The van der Waals surface area contributed by atoms with Crippen molar-refractivity contribution in [2.75, 3.05) is 11.9 Å². The maximum Gasteiger partial charge on any atom is 0.416 e. The second kappa shape index (κ2) is 5.53. The zero-order valence-electron chi connectivity index (χ0n) is 12.2. The van der Waals surface area contributed by atoms with Gasteiger partial charge >= 0.3 is 6.18 Å². The minimum absolute atomic E-state index is 0.379. The van der Waals surface area contributed by atoms with Crippen molar-refractivity contribution in [3.05, 3.63) is 51.9 Å². The van der Waals surface area contributed by atoms with E-state index in [1.165, 1.54) is 17.4 Å². The standard InChI is InChI=1S/C16H11ClF3N3S/c17-13-5-4-12(24-13)14-11-6-7-21-15(11)23(22-14)10-3-1-2-9(8-10)16(18,19)20/h1-5,8,21H,6-7H2. The van der Waals surface area contributed by atoms with Crippen LogP contribution in [0.25, 0.3) is 16.3 Å². The van der Waals surface area contributed by atoms with E-state index in [1.54, 1.807) is 16.8 Å². The number of aromatic nitrogens is 2. The number of nitrogens with zero attached hydrogens (tertiary/aromatic N) is 2. The molecule has 0 bridgehead atoms. The molecular weight excluding hydrogens is 359 g/mol. The Balaban J connectivity index is 1.86. The first-order chi connectivity index (χ1) is 11.4. The van der Waals surface area contributed by atoms with E-state index in [4.69, 9.17) is 11.6 Å². The molecule has 8 heteroatoms. The van der Waals surface area contributed by atoms with Crippen LogP contribution in [0.3, 0.4) is 0 Å². The van der Waals surface area contributed by atoms with Crippen LogP contribution in [0, 0.1) is 0 Å². The summed E-state index contributed by atoms with van der Waals surface area (Å²) in [5.41, 5.74) is 1.46. The van der Waals surface area contributed by atoms with Crippen LogP contribution in [0.4, 0.5) is 19.0 Å². The molecule has 0 aliphatic carbocycles. The maximum atomic E-state index is 13.0. The number of thiophene rings is 1. The van der Waals surface area contributed by atoms with Gasteiger partial charge in [-0.1, -0.05) is 17.7 Å². The Labute approximate surface area is 144 Å². The summed E-state index contributed by atoms with van der Waals surface area (Å²) in [6, 6.07) is 8.85. The van der Waals surface area contributed by atoms with E-state index in [1.807, 2.05) is 6.07 Å². The van der Waals surface area contributed by atoms with Crippen molar-refractivity contribution in [2.24, 2.45) is 0 Å². The van der Waals surface area contributed by atoms with Gasteiger partial charge in [0.25, 0.3) is 0 Å². The topological polar surface area (TPSA) is 29.9 Å². The Morgan fingerprint density at radius 2 is 2.04 bits per heavy atom. The molecule has 4 rings (SSSR count). The third kappa shape index (κ3) is 2.57. The van der Waals surface area contributed by atoms with Crippen molar-refractivity contribution in [2.45, 2.75) is 12.6 Å².